The molecule has 2 heterocycles. The normalized spacial score (nSPS) is 16.9. The molecule has 1 saturated heterocycles. The Morgan fingerprint density at radius 3 is 2.00 bits per heavy atom. The van der Waals surface area contributed by atoms with Crippen LogP contribution in [0.15, 0.2) is 39.7 Å². The third kappa shape index (κ3) is 4.18. The molecule has 1 aromatic carbocycles. The number of hydrogen-bond donors (Lipinski definition) is 1. The SMILES string of the molecule is O=C1NC(=O)/C(=C\c2ccc(-c3cc(C(F)(F)F)cc(C(F)(F)F)c3)o2)S1. The van der Waals surface area contributed by atoms with Crippen LogP contribution in [0.5, 0.6) is 0 Å². The van der Waals surface area contributed by atoms with Crippen LogP contribution in [0.1, 0.15) is 16.9 Å². The average Bonchev–Trinajstić information content (AvgIpc) is 3.12. The first-order valence-corrected chi connectivity index (χ1v) is 7.90. The van der Waals surface area contributed by atoms with Gasteiger partial charge in [0.2, 0.25) is 0 Å². The molecule has 0 bridgehead atoms. The highest BCUT2D eigenvalue weighted by atomic mass is 32.2. The quantitative estimate of drug-likeness (QED) is 0.542. The van der Waals surface area contributed by atoms with Crippen LogP contribution >= 0.6 is 11.8 Å². The number of carbonyl (C=O) groups excluding carboxylic acids is 2. The van der Waals surface area contributed by atoms with Gasteiger partial charge in [-0.2, -0.15) is 26.3 Å². The molecule has 1 fully saturated rings. The second kappa shape index (κ2) is 6.48. The van der Waals surface area contributed by atoms with Crippen molar-refractivity contribution in [1.82, 2.24) is 5.32 Å². The smallest absolute Gasteiger partial charge is 0.416 e. The van der Waals surface area contributed by atoms with Crippen LogP contribution in [0.25, 0.3) is 17.4 Å². The van der Waals surface area contributed by atoms with Crippen LogP contribution in [-0.2, 0) is 17.1 Å². The molecule has 0 unspecified atom stereocenters. The van der Waals surface area contributed by atoms with Crippen molar-refractivity contribution >= 4 is 29.0 Å². The van der Waals surface area contributed by atoms with E-state index in [1.807, 2.05) is 5.32 Å². The van der Waals surface area contributed by atoms with Crippen LogP contribution < -0.4 is 5.32 Å². The van der Waals surface area contributed by atoms with Gasteiger partial charge >= 0.3 is 12.4 Å². The minimum absolute atomic E-state index is 0.0108. The summed E-state index contributed by atoms with van der Waals surface area (Å²) in [4.78, 5) is 22.5. The van der Waals surface area contributed by atoms with Crippen molar-refractivity contribution in [3.63, 3.8) is 0 Å². The molecule has 1 aliphatic rings. The van der Waals surface area contributed by atoms with Crippen molar-refractivity contribution in [2.24, 2.45) is 0 Å². The fourth-order valence-corrected chi connectivity index (χ4v) is 2.90. The van der Waals surface area contributed by atoms with Gasteiger partial charge in [-0.1, -0.05) is 0 Å². The Balaban J connectivity index is 2.02. The summed E-state index contributed by atoms with van der Waals surface area (Å²) in [6.45, 7) is 0. The summed E-state index contributed by atoms with van der Waals surface area (Å²) in [7, 11) is 0. The molecule has 1 aliphatic heterocycles. The van der Waals surface area contributed by atoms with E-state index in [1.54, 1.807) is 0 Å². The van der Waals surface area contributed by atoms with Crippen molar-refractivity contribution in [2.75, 3.05) is 0 Å². The number of alkyl halides is 6. The molecule has 0 aliphatic carbocycles. The van der Waals surface area contributed by atoms with E-state index >= 15 is 0 Å². The molecule has 4 nitrogen and oxygen atoms in total. The lowest BCUT2D eigenvalue weighted by atomic mass is 10.0. The number of furan rings is 1. The average molecular weight is 407 g/mol. The van der Waals surface area contributed by atoms with Gasteiger partial charge < -0.3 is 4.42 Å². The van der Waals surface area contributed by atoms with Gasteiger partial charge in [0.15, 0.2) is 0 Å². The maximum atomic E-state index is 12.9. The summed E-state index contributed by atoms with van der Waals surface area (Å²) < 4.78 is 82.8. The summed E-state index contributed by atoms with van der Waals surface area (Å²) in [5, 5.41) is 1.39. The van der Waals surface area contributed by atoms with E-state index in [0.717, 1.165) is 6.08 Å². The van der Waals surface area contributed by atoms with Crippen molar-refractivity contribution in [3.8, 4) is 11.3 Å². The van der Waals surface area contributed by atoms with Crippen LogP contribution in [-0.4, -0.2) is 11.1 Å². The Hall–Kier alpha value is -2.69. The Morgan fingerprint density at radius 1 is 0.926 bits per heavy atom. The molecular formula is C16H7F6NO3S. The predicted octanol–water partition coefficient (Wildman–Crippen LogP) is 5.31. The first-order chi connectivity index (χ1) is 12.4. The van der Waals surface area contributed by atoms with Gasteiger partial charge in [-0.05, 0) is 42.1 Å². The van der Waals surface area contributed by atoms with Crippen molar-refractivity contribution in [3.05, 3.63) is 52.1 Å². The molecule has 11 heteroatoms. The molecule has 2 aromatic rings. The number of halogens is 6. The number of carbonyl (C=O) groups is 2. The van der Waals surface area contributed by atoms with Gasteiger partial charge in [0.05, 0.1) is 16.0 Å². The second-order valence-corrected chi connectivity index (χ2v) is 6.36. The number of thioether (sulfide) groups is 1. The van der Waals surface area contributed by atoms with E-state index in [9.17, 15) is 35.9 Å². The predicted molar refractivity (Wildman–Crippen MR) is 83.3 cm³/mol. The monoisotopic (exact) mass is 407 g/mol. The molecule has 3 rings (SSSR count). The zero-order valence-electron chi connectivity index (χ0n) is 12.9. The van der Waals surface area contributed by atoms with Crippen molar-refractivity contribution in [2.45, 2.75) is 12.4 Å². The standard InChI is InChI=1S/C16H7F6NO3S/c17-15(18,19)8-3-7(4-9(5-8)16(20,21)22)11-2-1-10(26-11)6-12-13(24)23-14(25)27-12/h1-6H,(H,23,24,25)/b12-6+. The molecule has 2 amide bonds. The largest absolute Gasteiger partial charge is 0.457 e. The van der Waals surface area contributed by atoms with E-state index in [-0.39, 0.29) is 22.5 Å². The fraction of sp³-hybridized carbons (Fsp3) is 0.125. The van der Waals surface area contributed by atoms with Crippen LogP contribution in [0.3, 0.4) is 0 Å². The summed E-state index contributed by atoms with van der Waals surface area (Å²) in [6.07, 6.45) is -8.80. The van der Waals surface area contributed by atoms with E-state index in [4.69, 9.17) is 4.42 Å². The third-order valence-corrected chi connectivity index (χ3v) is 4.22. The van der Waals surface area contributed by atoms with Gasteiger partial charge in [0, 0.05) is 11.6 Å². The van der Waals surface area contributed by atoms with E-state index in [0.29, 0.717) is 23.9 Å². The molecule has 0 spiro atoms. The molecule has 0 radical (unpaired) electrons. The summed E-state index contributed by atoms with van der Waals surface area (Å²) in [5.74, 6) is -0.946. The van der Waals surface area contributed by atoms with Crippen molar-refractivity contribution < 1.29 is 40.3 Å². The first kappa shape index (κ1) is 19.1. The van der Waals surface area contributed by atoms with E-state index < -0.39 is 40.2 Å². The van der Waals surface area contributed by atoms with Gasteiger partial charge in [0.25, 0.3) is 11.1 Å². The van der Waals surface area contributed by atoms with E-state index in [2.05, 4.69) is 0 Å². The lowest BCUT2D eigenvalue weighted by Gasteiger charge is -2.13. The lowest BCUT2D eigenvalue weighted by molar-refractivity contribution is -0.143. The molecule has 0 saturated carbocycles. The molecule has 1 aromatic heterocycles. The molecule has 0 atom stereocenters. The Kier molecular flexibility index (Phi) is 4.58. The molecular weight excluding hydrogens is 400 g/mol. The second-order valence-electron chi connectivity index (χ2n) is 5.35. The van der Waals surface area contributed by atoms with Gasteiger partial charge in [-0.3, -0.25) is 14.9 Å². The number of hydrogen-bond acceptors (Lipinski definition) is 4. The topological polar surface area (TPSA) is 59.3 Å². The summed E-state index contributed by atoms with van der Waals surface area (Å²) >= 11 is 0.589. The minimum atomic E-state index is -4.98. The Morgan fingerprint density at radius 2 is 1.52 bits per heavy atom. The maximum Gasteiger partial charge on any atom is 0.416 e. The highest BCUT2D eigenvalue weighted by molar-refractivity contribution is 8.18. The number of rotatable bonds is 2. The zero-order valence-corrected chi connectivity index (χ0v) is 13.7. The fourth-order valence-electron chi connectivity index (χ4n) is 2.23. The first-order valence-electron chi connectivity index (χ1n) is 7.08. The zero-order chi connectivity index (χ0) is 20.0. The Bertz CT molecular complexity index is 926. The Labute approximate surface area is 151 Å². The van der Waals surface area contributed by atoms with Gasteiger partial charge in [-0.15, -0.1) is 0 Å². The van der Waals surface area contributed by atoms with Gasteiger partial charge in [-0.25, -0.2) is 0 Å². The van der Waals surface area contributed by atoms with E-state index in [1.165, 1.54) is 12.1 Å². The van der Waals surface area contributed by atoms with Crippen LogP contribution in [0, 0.1) is 0 Å². The highest BCUT2D eigenvalue weighted by Gasteiger charge is 2.37. The van der Waals surface area contributed by atoms with Crippen LogP contribution in [0.2, 0.25) is 0 Å². The van der Waals surface area contributed by atoms with Gasteiger partial charge in [0.1, 0.15) is 11.5 Å². The summed E-state index contributed by atoms with van der Waals surface area (Å²) in [5.41, 5.74) is -3.37. The number of imide groups is 1. The van der Waals surface area contributed by atoms with Crippen LogP contribution in [0.4, 0.5) is 31.1 Å². The highest BCUT2D eigenvalue weighted by Crippen LogP contribution is 2.39. The maximum absolute atomic E-state index is 12.9. The number of benzene rings is 1. The lowest BCUT2D eigenvalue weighted by Crippen LogP contribution is -2.17. The third-order valence-electron chi connectivity index (χ3n) is 3.41. The summed E-state index contributed by atoms with van der Waals surface area (Å²) in [6, 6.07) is 3.51. The molecule has 142 valence electrons. The molecule has 1 N–H and O–H groups in total. The molecule has 27 heavy (non-hydrogen) atoms. The number of amides is 2. The van der Waals surface area contributed by atoms with Crippen molar-refractivity contribution in [1.29, 1.82) is 0 Å². The minimum Gasteiger partial charge on any atom is -0.457 e. The number of nitrogens with one attached hydrogen (secondary N) is 1.